The molecule has 15 heteroatoms. The molecule has 0 saturated heterocycles. The third-order valence-electron chi connectivity index (χ3n) is 4.86. The van der Waals surface area contributed by atoms with E-state index in [0.29, 0.717) is 0 Å². The van der Waals surface area contributed by atoms with Crippen molar-refractivity contribution in [3.05, 3.63) is 64.5 Å². The zero-order valence-electron chi connectivity index (χ0n) is 18.4. The Hall–Kier alpha value is -3.39. The van der Waals surface area contributed by atoms with E-state index in [2.05, 4.69) is 15.0 Å². The minimum absolute atomic E-state index is 0.155. The second kappa shape index (κ2) is 9.17. The number of benzene rings is 2. The largest absolute Gasteiger partial charge is 0.416 e. The monoisotopic (exact) mass is 547 g/mol. The van der Waals surface area contributed by atoms with Gasteiger partial charge in [0.05, 0.1) is 22.3 Å². The Kier molecular flexibility index (Phi) is 6.99. The second-order valence-corrected chi connectivity index (χ2v) is 8.08. The average molecular weight is 547 g/mol. The van der Waals surface area contributed by atoms with Crippen LogP contribution in [-0.2, 0) is 24.7 Å². The van der Waals surface area contributed by atoms with Crippen molar-refractivity contribution in [3.8, 4) is 22.8 Å². The van der Waals surface area contributed by atoms with E-state index in [9.17, 15) is 52.7 Å². The molecule has 0 aliphatic carbocycles. The Labute approximate surface area is 200 Å². The van der Waals surface area contributed by atoms with Crippen LogP contribution in [0.1, 0.15) is 47.8 Å². The summed E-state index contributed by atoms with van der Waals surface area (Å²) in [6.07, 6.45) is -20.9. The van der Waals surface area contributed by atoms with Crippen molar-refractivity contribution in [1.82, 2.24) is 15.0 Å². The van der Waals surface area contributed by atoms with Gasteiger partial charge in [-0.15, -0.1) is 0 Å². The third kappa shape index (κ3) is 6.49. The molecule has 200 valence electrons. The summed E-state index contributed by atoms with van der Waals surface area (Å²) in [6, 6.07) is 0.823. The van der Waals surface area contributed by atoms with Crippen LogP contribution in [0.4, 0.5) is 52.7 Å². The molecule has 1 aromatic heterocycles. The van der Waals surface area contributed by atoms with Crippen molar-refractivity contribution in [2.75, 3.05) is 0 Å². The summed E-state index contributed by atoms with van der Waals surface area (Å²) in [5, 5.41) is 0. The maximum Gasteiger partial charge on any atom is 0.416 e. The minimum atomic E-state index is -5.23. The van der Waals surface area contributed by atoms with Crippen molar-refractivity contribution in [2.45, 2.75) is 44.5 Å². The first-order valence-electron chi connectivity index (χ1n) is 10.0. The van der Waals surface area contributed by atoms with Crippen molar-refractivity contribution in [2.24, 2.45) is 0 Å². The van der Waals surface area contributed by atoms with Gasteiger partial charge in [-0.25, -0.2) is 15.0 Å². The van der Waals surface area contributed by atoms with Gasteiger partial charge in [0.25, 0.3) is 0 Å². The Balaban J connectivity index is 2.35. The quantitative estimate of drug-likeness (QED) is 0.309. The highest BCUT2D eigenvalue weighted by molar-refractivity contribution is 5.64. The van der Waals surface area contributed by atoms with Crippen LogP contribution in [0.15, 0.2) is 36.4 Å². The van der Waals surface area contributed by atoms with Crippen LogP contribution in [0.25, 0.3) is 22.8 Å². The lowest BCUT2D eigenvalue weighted by Gasteiger charge is -2.16. The molecule has 3 rings (SSSR count). The van der Waals surface area contributed by atoms with E-state index in [1.54, 1.807) is 0 Å². The fourth-order valence-electron chi connectivity index (χ4n) is 3.08. The molecule has 0 fully saturated rings. The second-order valence-electron chi connectivity index (χ2n) is 8.08. The van der Waals surface area contributed by atoms with Crippen LogP contribution in [0.3, 0.4) is 0 Å². The molecule has 0 saturated carbocycles. The molecule has 3 nitrogen and oxygen atoms in total. The molecular formula is C22H13F12N3. The van der Waals surface area contributed by atoms with E-state index in [1.165, 1.54) is 13.8 Å². The summed E-state index contributed by atoms with van der Waals surface area (Å²) in [7, 11) is 0. The molecule has 0 aliphatic heterocycles. The van der Waals surface area contributed by atoms with Crippen LogP contribution in [0, 0.1) is 0 Å². The van der Waals surface area contributed by atoms with Gasteiger partial charge in [-0.3, -0.25) is 0 Å². The molecule has 0 N–H and O–H groups in total. The first kappa shape index (κ1) is 28.2. The van der Waals surface area contributed by atoms with Crippen molar-refractivity contribution in [3.63, 3.8) is 0 Å². The molecule has 0 radical (unpaired) electrons. The molecule has 0 unspecified atom stereocenters. The molecular weight excluding hydrogens is 534 g/mol. The highest BCUT2D eigenvalue weighted by Crippen LogP contribution is 2.40. The van der Waals surface area contributed by atoms with E-state index in [4.69, 9.17) is 0 Å². The smallest absolute Gasteiger partial charge is 0.213 e. The lowest BCUT2D eigenvalue weighted by Crippen LogP contribution is -2.13. The number of aromatic nitrogens is 3. The van der Waals surface area contributed by atoms with Gasteiger partial charge in [0.1, 0.15) is 5.82 Å². The van der Waals surface area contributed by atoms with Crippen molar-refractivity contribution in [1.29, 1.82) is 0 Å². The van der Waals surface area contributed by atoms with Crippen LogP contribution in [0.5, 0.6) is 0 Å². The summed E-state index contributed by atoms with van der Waals surface area (Å²) in [5.41, 5.74) is -8.52. The predicted octanol–water partition coefficient (Wildman–Crippen LogP) is 8.40. The Morgan fingerprint density at radius 3 is 0.946 bits per heavy atom. The fourth-order valence-corrected chi connectivity index (χ4v) is 3.08. The molecule has 2 aromatic carbocycles. The van der Waals surface area contributed by atoms with Crippen molar-refractivity contribution >= 4 is 0 Å². The first-order chi connectivity index (χ1) is 16.7. The summed E-state index contributed by atoms with van der Waals surface area (Å²) < 4.78 is 159. The topological polar surface area (TPSA) is 38.7 Å². The van der Waals surface area contributed by atoms with Gasteiger partial charge >= 0.3 is 24.7 Å². The highest BCUT2D eigenvalue weighted by Gasteiger charge is 2.39. The van der Waals surface area contributed by atoms with Crippen LogP contribution in [0.2, 0.25) is 0 Å². The first-order valence-corrected chi connectivity index (χ1v) is 10.0. The Morgan fingerprint density at radius 2 is 0.730 bits per heavy atom. The lowest BCUT2D eigenvalue weighted by atomic mass is 10.0. The number of alkyl halides is 12. The fraction of sp³-hybridized carbons (Fsp3) is 0.318. The molecule has 0 aliphatic rings. The zero-order valence-corrected chi connectivity index (χ0v) is 18.4. The molecule has 0 spiro atoms. The molecule has 37 heavy (non-hydrogen) atoms. The average Bonchev–Trinajstić information content (AvgIpc) is 2.75. The SMILES string of the molecule is CC(C)c1nc(-c2cc(C(F)(F)F)cc(C(F)(F)F)c2)nc(-c2cc(C(F)(F)F)cc(C(F)(F)F)c2)n1. The Bertz CT molecular complexity index is 1140. The van der Waals surface area contributed by atoms with Gasteiger partial charge in [-0.05, 0) is 36.4 Å². The number of hydrogen-bond donors (Lipinski definition) is 0. The molecule has 0 bridgehead atoms. The van der Waals surface area contributed by atoms with E-state index in [0.717, 1.165) is 0 Å². The summed E-state index contributed by atoms with van der Waals surface area (Å²) in [5.74, 6) is -2.61. The summed E-state index contributed by atoms with van der Waals surface area (Å²) >= 11 is 0. The lowest BCUT2D eigenvalue weighted by molar-refractivity contribution is -0.144. The third-order valence-corrected chi connectivity index (χ3v) is 4.86. The van der Waals surface area contributed by atoms with E-state index < -0.39 is 75.7 Å². The maximum absolute atomic E-state index is 13.3. The van der Waals surface area contributed by atoms with Gasteiger partial charge < -0.3 is 0 Å². The normalized spacial score (nSPS) is 13.4. The molecule has 0 amide bonds. The summed E-state index contributed by atoms with van der Waals surface area (Å²) in [6.45, 7) is 2.87. The van der Waals surface area contributed by atoms with Crippen LogP contribution in [-0.4, -0.2) is 15.0 Å². The van der Waals surface area contributed by atoms with Gasteiger partial charge in [0, 0.05) is 17.0 Å². The van der Waals surface area contributed by atoms with Crippen LogP contribution >= 0.6 is 0 Å². The predicted molar refractivity (Wildman–Crippen MR) is 105 cm³/mol. The minimum Gasteiger partial charge on any atom is -0.213 e. The summed E-state index contributed by atoms with van der Waals surface area (Å²) in [4.78, 5) is 11.3. The standard InChI is InChI=1S/C22H13F12N3/c1-9(2)16-35-17(10-3-12(19(23,24)25)7-13(4-10)20(26,27)28)37-18(36-16)11-5-14(21(29,30)31)8-15(6-11)22(32,33)34/h3-9H,1-2H3. The Morgan fingerprint density at radius 1 is 0.459 bits per heavy atom. The molecule has 0 atom stereocenters. The van der Waals surface area contributed by atoms with Gasteiger partial charge in [0.2, 0.25) is 0 Å². The van der Waals surface area contributed by atoms with Gasteiger partial charge in [-0.2, -0.15) is 52.7 Å². The zero-order chi connectivity index (χ0) is 28.1. The highest BCUT2D eigenvalue weighted by atomic mass is 19.4. The number of rotatable bonds is 3. The number of hydrogen-bond acceptors (Lipinski definition) is 3. The van der Waals surface area contributed by atoms with E-state index in [-0.39, 0.29) is 42.2 Å². The number of nitrogens with zero attached hydrogens (tertiary/aromatic N) is 3. The van der Waals surface area contributed by atoms with E-state index in [1.807, 2.05) is 0 Å². The van der Waals surface area contributed by atoms with Crippen LogP contribution < -0.4 is 0 Å². The van der Waals surface area contributed by atoms with Gasteiger partial charge in [-0.1, -0.05) is 13.8 Å². The van der Waals surface area contributed by atoms with Crippen molar-refractivity contribution < 1.29 is 52.7 Å². The maximum atomic E-state index is 13.3. The molecule has 3 aromatic rings. The van der Waals surface area contributed by atoms with Gasteiger partial charge in [0.15, 0.2) is 11.6 Å². The van der Waals surface area contributed by atoms with E-state index >= 15 is 0 Å². The molecule has 1 heterocycles. The number of halogens is 12.